The van der Waals surface area contributed by atoms with Crippen molar-refractivity contribution < 1.29 is 4.42 Å². The summed E-state index contributed by atoms with van der Waals surface area (Å²) in [6.07, 6.45) is 3.18. The molecule has 4 nitrogen and oxygen atoms in total. The second kappa shape index (κ2) is 2.95. The molecule has 0 spiro atoms. The molecular weight excluding hydrogens is 190 g/mol. The minimum absolute atomic E-state index is 0.562. The minimum atomic E-state index is 0.562. The van der Waals surface area contributed by atoms with Crippen LogP contribution in [0.2, 0.25) is 0 Å². The average molecular weight is 199 g/mol. The molecule has 0 amide bonds. The molecule has 0 aliphatic heterocycles. The van der Waals surface area contributed by atoms with E-state index in [0.29, 0.717) is 5.89 Å². The van der Waals surface area contributed by atoms with Crippen molar-refractivity contribution >= 4 is 10.9 Å². The SMILES string of the molecule is Cn1nc(-c2ncco2)c2ccccc21. The summed E-state index contributed by atoms with van der Waals surface area (Å²) in [6, 6.07) is 8.01. The fourth-order valence-electron chi connectivity index (χ4n) is 1.71. The third-order valence-electron chi connectivity index (χ3n) is 2.39. The Morgan fingerprint density at radius 1 is 1.27 bits per heavy atom. The number of aromatic nitrogens is 3. The van der Waals surface area contributed by atoms with Crippen LogP contribution in [0.3, 0.4) is 0 Å². The van der Waals surface area contributed by atoms with Crippen LogP contribution in [0, 0.1) is 0 Å². The fraction of sp³-hybridized carbons (Fsp3) is 0.0909. The molecule has 0 N–H and O–H groups in total. The number of aryl methyl sites for hydroxylation is 1. The van der Waals surface area contributed by atoms with Crippen molar-refractivity contribution in [3.63, 3.8) is 0 Å². The lowest BCUT2D eigenvalue weighted by Crippen LogP contribution is -1.89. The molecule has 0 fully saturated rings. The minimum Gasteiger partial charge on any atom is -0.443 e. The normalized spacial score (nSPS) is 11.0. The molecule has 2 heterocycles. The fourth-order valence-corrected chi connectivity index (χ4v) is 1.71. The van der Waals surface area contributed by atoms with E-state index in [9.17, 15) is 0 Å². The molecule has 74 valence electrons. The number of hydrogen-bond acceptors (Lipinski definition) is 3. The van der Waals surface area contributed by atoms with Gasteiger partial charge in [0.15, 0.2) is 5.69 Å². The lowest BCUT2D eigenvalue weighted by atomic mass is 10.2. The molecular formula is C11H9N3O. The molecule has 15 heavy (non-hydrogen) atoms. The molecule has 1 aromatic carbocycles. The molecule has 4 heteroatoms. The standard InChI is InChI=1S/C11H9N3O/c1-14-9-5-3-2-4-8(9)10(13-14)11-12-6-7-15-11/h2-7H,1H3. The van der Waals surface area contributed by atoms with Gasteiger partial charge in [-0.25, -0.2) is 4.98 Å². The monoisotopic (exact) mass is 199 g/mol. The van der Waals surface area contributed by atoms with E-state index >= 15 is 0 Å². The largest absolute Gasteiger partial charge is 0.443 e. The van der Waals surface area contributed by atoms with Crippen LogP contribution < -0.4 is 0 Å². The summed E-state index contributed by atoms with van der Waals surface area (Å²) in [5, 5.41) is 5.45. The number of para-hydroxylation sites is 1. The summed E-state index contributed by atoms with van der Waals surface area (Å²) < 4.78 is 7.08. The second-order valence-electron chi connectivity index (χ2n) is 3.33. The maximum atomic E-state index is 5.25. The van der Waals surface area contributed by atoms with Crippen molar-refractivity contribution in [3.8, 4) is 11.6 Å². The number of fused-ring (bicyclic) bond motifs is 1. The summed E-state index contributed by atoms with van der Waals surface area (Å²) in [7, 11) is 1.91. The van der Waals surface area contributed by atoms with E-state index in [-0.39, 0.29) is 0 Å². The van der Waals surface area contributed by atoms with Gasteiger partial charge in [-0.2, -0.15) is 5.10 Å². The van der Waals surface area contributed by atoms with Crippen LogP contribution in [-0.4, -0.2) is 14.8 Å². The first-order valence-electron chi connectivity index (χ1n) is 4.68. The molecule has 0 bridgehead atoms. The lowest BCUT2D eigenvalue weighted by molar-refractivity contribution is 0.570. The van der Waals surface area contributed by atoms with Crippen LogP contribution in [0.5, 0.6) is 0 Å². The van der Waals surface area contributed by atoms with Crippen LogP contribution >= 0.6 is 0 Å². The molecule has 0 radical (unpaired) electrons. The summed E-state index contributed by atoms with van der Waals surface area (Å²) in [6.45, 7) is 0. The number of nitrogens with zero attached hydrogens (tertiary/aromatic N) is 3. The quantitative estimate of drug-likeness (QED) is 0.603. The lowest BCUT2D eigenvalue weighted by Gasteiger charge is -1.90. The third kappa shape index (κ3) is 1.15. The van der Waals surface area contributed by atoms with Gasteiger partial charge < -0.3 is 4.42 Å². The Morgan fingerprint density at radius 2 is 2.13 bits per heavy atom. The molecule has 3 aromatic rings. The van der Waals surface area contributed by atoms with Gasteiger partial charge in [0, 0.05) is 12.4 Å². The van der Waals surface area contributed by atoms with Crippen molar-refractivity contribution in [2.24, 2.45) is 7.05 Å². The summed E-state index contributed by atoms with van der Waals surface area (Å²) >= 11 is 0. The van der Waals surface area contributed by atoms with Gasteiger partial charge in [0.1, 0.15) is 6.26 Å². The molecule has 0 saturated carbocycles. The van der Waals surface area contributed by atoms with Crippen LogP contribution in [0.25, 0.3) is 22.5 Å². The van der Waals surface area contributed by atoms with E-state index in [4.69, 9.17) is 4.42 Å². The van der Waals surface area contributed by atoms with Gasteiger partial charge in [-0.05, 0) is 6.07 Å². The predicted molar refractivity (Wildman–Crippen MR) is 56.2 cm³/mol. The molecule has 0 unspecified atom stereocenters. The zero-order chi connectivity index (χ0) is 10.3. The Balaban J connectivity index is 2.37. The van der Waals surface area contributed by atoms with Crippen LogP contribution in [-0.2, 0) is 7.05 Å². The van der Waals surface area contributed by atoms with E-state index in [1.54, 1.807) is 12.5 Å². The highest BCUT2D eigenvalue weighted by Crippen LogP contribution is 2.25. The van der Waals surface area contributed by atoms with E-state index in [0.717, 1.165) is 16.6 Å². The molecule has 2 aromatic heterocycles. The van der Waals surface area contributed by atoms with Crippen molar-refractivity contribution in [1.29, 1.82) is 0 Å². The van der Waals surface area contributed by atoms with Gasteiger partial charge in [0.2, 0.25) is 5.89 Å². The van der Waals surface area contributed by atoms with Crippen molar-refractivity contribution in [2.45, 2.75) is 0 Å². The Kier molecular flexibility index (Phi) is 1.62. The Labute approximate surface area is 86.2 Å². The molecule has 3 rings (SSSR count). The smallest absolute Gasteiger partial charge is 0.247 e. The van der Waals surface area contributed by atoms with E-state index in [2.05, 4.69) is 10.1 Å². The molecule has 0 aliphatic rings. The average Bonchev–Trinajstić information content (AvgIpc) is 2.87. The second-order valence-corrected chi connectivity index (χ2v) is 3.33. The highest BCUT2D eigenvalue weighted by Gasteiger charge is 2.12. The third-order valence-corrected chi connectivity index (χ3v) is 2.39. The van der Waals surface area contributed by atoms with E-state index < -0.39 is 0 Å². The van der Waals surface area contributed by atoms with Crippen molar-refractivity contribution in [1.82, 2.24) is 14.8 Å². The van der Waals surface area contributed by atoms with Gasteiger partial charge in [-0.3, -0.25) is 4.68 Å². The van der Waals surface area contributed by atoms with Crippen molar-refractivity contribution in [3.05, 3.63) is 36.7 Å². The van der Waals surface area contributed by atoms with Gasteiger partial charge in [0.25, 0.3) is 0 Å². The number of benzene rings is 1. The maximum absolute atomic E-state index is 5.25. The summed E-state index contributed by atoms with van der Waals surface area (Å²) in [5.41, 5.74) is 1.86. The van der Waals surface area contributed by atoms with Gasteiger partial charge >= 0.3 is 0 Å². The number of rotatable bonds is 1. The molecule has 0 aliphatic carbocycles. The Bertz CT molecular complexity index is 595. The van der Waals surface area contributed by atoms with Crippen molar-refractivity contribution in [2.75, 3.05) is 0 Å². The Hall–Kier alpha value is -2.10. The van der Waals surface area contributed by atoms with E-state index in [1.807, 2.05) is 36.0 Å². The van der Waals surface area contributed by atoms with Crippen LogP contribution in [0.1, 0.15) is 0 Å². The maximum Gasteiger partial charge on any atom is 0.247 e. The predicted octanol–water partition coefficient (Wildman–Crippen LogP) is 2.23. The zero-order valence-corrected chi connectivity index (χ0v) is 8.21. The molecule has 0 saturated heterocycles. The summed E-state index contributed by atoms with van der Waals surface area (Å²) in [4.78, 5) is 4.11. The first-order valence-corrected chi connectivity index (χ1v) is 4.68. The highest BCUT2D eigenvalue weighted by atomic mass is 16.3. The first kappa shape index (κ1) is 8.23. The topological polar surface area (TPSA) is 43.9 Å². The Morgan fingerprint density at radius 3 is 2.93 bits per heavy atom. The number of oxazole rings is 1. The van der Waals surface area contributed by atoms with Crippen LogP contribution in [0.4, 0.5) is 0 Å². The van der Waals surface area contributed by atoms with Gasteiger partial charge in [-0.1, -0.05) is 18.2 Å². The zero-order valence-electron chi connectivity index (χ0n) is 8.21. The summed E-state index contributed by atoms with van der Waals surface area (Å²) in [5.74, 6) is 0.562. The molecule has 0 atom stereocenters. The highest BCUT2D eigenvalue weighted by molar-refractivity contribution is 5.91. The van der Waals surface area contributed by atoms with E-state index in [1.165, 1.54) is 0 Å². The van der Waals surface area contributed by atoms with Gasteiger partial charge in [-0.15, -0.1) is 0 Å². The first-order chi connectivity index (χ1) is 7.36. The van der Waals surface area contributed by atoms with Crippen LogP contribution in [0.15, 0.2) is 41.1 Å². The van der Waals surface area contributed by atoms with Gasteiger partial charge in [0.05, 0.1) is 11.7 Å². The number of hydrogen-bond donors (Lipinski definition) is 0.